The first-order valence-corrected chi connectivity index (χ1v) is 18.8. The first-order valence-electron chi connectivity index (χ1n) is 18.4. The number of quaternary nitrogens is 1. The van der Waals surface area contributed by atoms with Gasteiger partial charge >= 0.3 is 0 Å². The van der Waals surface area contributed by atoms with E-state index < -0.39 is 5.91 Å². The van der Waals surface area contributed by atoms with Crippen molar-refractivity contribution in [1.82, 2.24) is 29.1 Å². The smallest absolute Gasteiger partial charge is 0.292 e. The molecule has 0 radical (unpaired) electrons. The third kappa shape index (κ3) is 10.6. The number of carbonyl (C=O) groups is 4. The average Bonchev–Trinajstić information content (AvgIpc) is 3.75. The normalized spacial score (nSPS) is 13.3. The van der Waals surface area contributed by atoms with Crippen molar-refractivity contribution in [2.45, 2.75) is 40.2 Å². The number of ether oxygens (including phenoxy) is 2. The van der Waals surface area contributed by atoms with Crippen LogP contribution < -0.4 is 10.2 Å². The van der Waals surface area contributed by atoms with Gasteiger partial charge in [-0.2, -0.15) is 5.10 Å². The molecule has 1 aliphatic heterocycles. The fourth-order valence-corrected chi connectivity index (χ4v) is 6.86. The van der Waals surface area contributed by atoms with Gasteiger partial charge in [0.15, 0.2) is 5.82 Å². The van der Waals surface area contributed by atoms with E-state index in [0.29, 0.717) is 57.1 Å². The number of anilines is 1. The number of benzene rings is 2. The Morgan fingerprint density at radius 1 is 1.00 bits per heavy atom. The molecule has 1 atom stereocenters. The van der Waals surface area contributed by atoms with E-state index in [2.05, 4.69) is 60.2 Å². The lowest BCUT2D eigenvalue weighted by Crippen LogP contribution is -3.05. The standard InChI is InChI=1S/C38H49ClN8O4.C2H4O2/c1-8-27(13-14-43(4)5)37(49)45-15-17-46(18-16-45)38(50)31-12-10-29(22-33(31)39)42-36(48)35-40-24-34(44(35)6)30-11-9-28(21-25(30)2)32-23-41-47(26(32)3)19-20-51-7;1-4-2-3/h9-12,21-24,27H,8,13-20H2,1-7H3,(H,42,48);2H,1H3/p+1. The maximum Gasteiger partial charge on any atom is 0.292 e. The van der Waals surface area contributed by atoms with E-state index in [4.69, 9.17) is 21.1 Å². The molecule has 3 heterocycles. The largest absolute Gasteiger partial charge is 0.471 e. The molecule has 3 amide bonds. The number of methoxy groups -OCH3 is 2. The van der Waals surface area contributed by atoms with Gasteiger partial charge in [0.25, 0.3) is 18.3 Å². The maximum atomic E-state index is 13.4. The summed E-state index contributed by atoms with van der Waals surface area (Å²) < 4.78 is 12.8. The second-order valence-electron chi connectivity index (χ2n) is 13.9. The van der Waals surface area contributed by atoms with Crippen LogP contribution in [0.3, 0.4) is 0 Å². The van der Waals surface area contributed by atoms with Gasteiger partial charge in [-0.3, -0.25) is 23.9 Å². The van der Waals surface area contributed by atoms with Crippen molar-refractivity contribution >= 4 is 41.5 Å². The molecule has 2 aromatic carbocycles. The van der Waals surface area contributed by atoms with Gasteiger partial charge in [-0.15, -0.1) is 0 Å². The summed E-state index contributed by atoms with van der Waals surface area (Å²) >= 11 is 6.60. The Morgan fingerprint density at radius 3 is 2.29 bits per heavy atom. The number of nitrogens with one attached hydrogen (secondary N) is 2. The van der Waals surface area contributed by atoms with Gasteiger partial charge in [0.05, 0.1) is 69.6 Å². The van der Waals surface area contributed by atoms with Crippen LogP contribution in [0.25, 0.3) is 22.4 Å². The lowest BCUT2D eigenvalue weighted by Gasteiger charge is -2.36. The van der Waals surface area contributed by atoms with E-state index in [1.165, 1.54) is 12.0 Å². The minimum atomic E-state index is -0.398. The molecular weight excluding hydrogens is 724 g/mol. The van der Waals surface area contributed by atoms with Crippen LogP contribution in [0.2, 0.25) is 5.02 Å². The van der Waals surface area contributed by atoms with Crippen LogP contribution in [0.4, 0.5) is 5.69 Å². The second kappa shape index (κ2) is 20.0. The van der Waals surface area contributed by atoms with E-state index in [0.717, 1.165) is 53.0 Å². The molecule has 55 heavy (non-hydrogen) atoms. The predicted octanol–water partition coefficient (Wildman–Crippen LogP) is 3.75. The van der Waals surface area contributed by atoms with E-state index >= 15 is 0 Å². The molecule has 2 aromatic heterocycles. The number of hydrogen-bond acceptors (Lipinski definition) is 8. The number of nitrogens with zero attached hydrogens (tertiary/aromatic N) is 6. The second-order valence-corrected chi connectivity index (χ2v) is 14.3. The van der Waals surface area contributed by atoms with Gasteiger partial charge in [0, 0.05) is 75.2 Å². The SMILES string of the molecule is CCC(CC[NH+](C)C)C(=O)N1CCN(C(=O)c2ccc(NC(=O)c3ncc(-c4ccc(-c5cnn(CCOC)c5C)cc4C)n3C)cc2Cl)CC1.COC=O. The van der Waals surface area contributed by atoms with E-state index in [9.17, 15) is 14.4 Å². The highest BCUT2D eigenvalue weighted by Crippen LogP contribution is 2.31. The number of carbonyl (C=O) groups excluding carboxylic acids is 4. The van der Waals surface area contributed by atoms with Gasteiger partial charge in [0.2, 0.25) is 5.91 Å². The van der Waals surface area contributed by atoms with Gasteiger partial charge in [-0.25, -0.2) is 4.98 Å². The van der Waals surface area contributed by atoms with E-state index in [1.54, 1.807) is 41.0 Å². The molecule has 4 aromatic rings. The van der Waals surface area contributed by atoms with E-state index in [-0.39, 0.29) is 28.6 Å². The Morgan fingerprint density at radius 2 is 1.69 bits per heavy atom. The summed E-state index contributed by atoms with van der Waals surface area (Å²) in [6, 6.07) is 11.1. The molecule has 1 unspecified atom stereocenters. The lowest BCUT2D eigenvalue weighted by atomic mass is 9.99. The highest BCUT2D eigenvalue weighted by Gasteiger charge is 2.29. The first-order chi connectivity index (χ1) is 26.3. The molecule has 0 bridgehead atoms. The highest BCUT2D eigenvalue weighted by atomic mass is 35.5. The molecule has 1 saturated heterocycles. The zero-order valence-electron chi connectivity index (χ0n) is 33.1. The predicted molar refractivity (Wildman–Crippen MR) is 212 cm³/mol. The summed E-state index contributed by atoms with van der Waals surface area (Å²) in [5.74, 6) is -0.180. The molecular formula is C40H54ClN8O6+. The summed E-state index contributed by atoms with van der Waals surface area (Å²) in [6.07, 6.45) is 5.24. The molecule has 15 heteroatoms. The van der Waals surface area contributed by atoms with Crippen molar-refractivity contribution in [3.63, 3.8) is 0 Å². The summed E-state index contributed by atoms with van der Waals surface area (Å²) in [7, 11) is 8.99. The fourth-order valence-electron chi connectivity index (χ4n) is 6.60. The Bertz CT molecular complexity index is 1950. The van der Waals surface area contributed by atoms with E-state index in [1.807, 2.05) is 35.8 Å². The number of aromatic nitrogens is 4. The number of amides is 3. The summed E-state index contributed by atoms with van der Waals surface area (Å²) in [5, 5.41) is 7.63. The lowest BCUT2D eigenvalue weighted by molar-refractivity contribution is -0.858. The topological polar surface area (TPSA) is 145 Å². The minimum Gasteiger partial charge on any atom is -0.471 e. The average molecular weight is 778 g/mol. The number of rotatable bonds is 14. The third-order valence-corrected chi connectivity index (χ3v) is 10.2. The van der Waals surface area contributed by atoms with Gasteiger partial charge in [-0.05, 0) is 49.6 Å². The zero-order valence-corrected chi connectivity index (χ0v) is 33.9. The zero-order chi connectivity index (χ0) is 40.2. The van der Waals surface area contributed by atoms with Crippen LogP contribution in [0.5, 0.6) is 0 Å². The molecule has 0 aliphatic carbocycles. The van der Waals surface area contributed by atoms with Crippen molar-refractivity contribution in [3.05, 3.63) is 76.5 Å². The van der Waals surface area contributed by atoms with Crippen LogP contribution >= 0.6 is 11.6 Å². The Hall–Kier alpha value is -5.05. The maximum absolute atomic E-state index is 13.4. The summed E-state index contributed by atoms with van der Waals surface area (Å²) in [6.45, 7) is 10.6. The van der Waals surface area contributed by atoms with Gasteiger partial charge in [0.1, 0.15) is 0 Å². The van der Waals surface area contributed by atoms with Crippen LogP contribution in [-0.2, 0) is 32.7 Å². The Balaban J connectivity index is 0.00000160. The molecule has 5 rings (SSSR count). The van der Waals surface area contributed by atoms with Crippen molar-refractivity contribution in [2.24, 2.45) is 13.0 Å². The van der Waals surface area contributed by atoms with Gasteiger partial charge < -0.3 is 34.1 Å². The number of aryl methyl sites for hydroxylation is 1. The molecule has 1 fully saturated rings. The summed E-state index contributed by atoms with van der Waals surface area (Å²) in [4.78, 5) is 58.2. The van der Waals surface area contributed by atoms with Crippen molar-refractivity contribution in [2.75, 3.05) is 73.0 Å². The van der Waals surface area contributed by atoms with Crippen LogP contribution in [-0.4, -0.2) is 121 Å². The monoisotopic (exact) mass is 777 g/mol. The highest BCUT2D eigenvalue weighted by molar-refractivity contribution is 6.34. The number of halogens is 1. The molecule has 1 aliphatic rings. The molecule has 14 nitrogen and oxygen atoms in total. The molecule has 0 saturated carbocycles. The molecule has 2 N–H and O–H groups in total. The number of imidazole rings is 1. The third-order valence-electron chi connectivity index (χ3n) is 9.88. The number of piperazine rings is 1. The minimum absolute atomic E-state index is 0.00540. The quantitative estimate of drug-likeness (QED) is 0.184. The first kappa shape index (κ1) is 42.7. The van der Waals surface area contributed by atoms with Crippen molar-refractivity contribution < 1.29 is 33.6 Å². The fraction of sp³-hybridized carbons (Fsp3) is 0.450. The number of hydrogen-bond donors (Lipinski definition) is 2. The molecule has 0 spiro atoms. The van der Waals surface area contributed by atoms with Crippen molar-refractivity contribution in [3.8, 4) is 22.4 Å². The van der Waals surface area contributed by atoms with Crippen molar-refractivity contribution in [1.29, 1.82) is 0 Å². The van der Waals surface area contributed by atoms with Gasteiger partial charge in [-0.1, -0.05) is 36.7 Å². The summed E-state index contributed by atoms with van der Waals surface area (Å²) in [5.41, 5.74) is 6.80. The molecule has 296 valence electrons. The Kier molecular flexibility index (Phi) is 15.6. The van der Waals surface area contributed by atoms with Crippen LogP contribution in [0, 0.1) is 19.8 Å². The Labute approximate surface area is 328 Å². The van der Waals surface area contributed by atoms with Crippen LogP contribution in [0.1, 0.15) is 52.0 Å². The van der Waals surface area contributed by atoms with Crippen LogP contribution in [0.15, 0.2) is 48.8 Å².